The first-order valence-electron chi connectivity index (χ1n) is 12.1. The average Bonchev–Trinajstić information content (AvgIpc) is 3.20. The lowest BCUT2D eigenvalue weighted by Crippen LogP contribution is -2.42. The van der Waals surface area contributed by atoms with Crippen molar-refractivity contribution < 1.29 is 9.90 Å². The van der Waals surface area contributed by atoms with Crippen LogP contribution in [-0.2, 0) is 12.0 Å². The molecule has 0 saturated carbocycles. The van der Waals surface area contributed by atoms with Crippen molar-refractivity contribution in [2.45, 2.75) is 38.7 Å². The zero-order chi connectivity index (χ0) is 24.4. The summed E-state index contributed by atoms with van der Waals surface area (Å²) in [6.07, 6.45) is 3.38. The zero-order valence-electron chi connectivity index (χ0n) is 20.2. The maximum atomic E-state index is 13.2. The second kappa shape index (κ2) is 9.47. The number of benzene rings is 2. The number of carbonyl (C=O) groups excluding carboxylic acids is 1. The van der Waals surface area contributed by atoms with Crippen molar-refractivity contribution in [2.75, 3.05) is 18.0 Å². The molecule has 2 aromatic carbocycles. The van der Waals surface area contributed by atoms with Crippen molar-refractivity contribution in [3.8, 4) is 5.69 Å². The van der Waals surface area contributed by atoms with Crippen LogP contribution in [0.2, 0.25) is 0 Å². The van der Waals surface area contributed by atoms with Gasteiger partial charge in [-0.2, -0.15) is 5.10 Å². The molecular weight excluding hydrogens is 436 g/mol. The average molecular weight is 467 g/mol. The fourth-order valence-electron chi connectivity index (χ4n) is 4.99. The van der Waals surface area contributed by atoms with E-state index in [0.29, 0.717) is 18.4 Å². The predicted molar refractivity (Wildman–Crippen MR) is 137 cm³/mol. The Morgan fingerprint density at radius 3 is 2.23 bits per heavy atom. The highest BCUT2D eigenvalue weighted by molar-refractivity contribution is 5.99. The molecule has 0 spiro atoms. The first kappa shape index (κ1) is 23.0. The summed E-state index contributed by atoms with van der Waals surface area (Å²) in [6.45, 7) is 5.28. The number of nitrogens with zero attached hydrogens (tertiary/aromatic N) is 4. The van der Waals surface area contributed by atoms with Gasteiger partial charge in [-0.1, -0.05) is 54.6 Å². The van der Waals surface area contributed by atoms with Gasteiger partial charge in [0.2, 0.25) is 0 Å². The molecule has 1 N–H and O–H groups in total. The van der Waals surface area contributed by atoms with E-state index in [1.807, 2.05) is 91.3 Å². The van der Waals surface area contributed by atoms with Crippen molar-refractivity contribution in [3.63, 3.8) is 0 Å². The van der Waals surface area contributed by atoms with Crippen LogP contribution in [-0.4, -0.2) is 38.7 Å². The lowest BCUT2D eigenvalue weighted by atomic mass is 9.84. The Hall–Kier alpha value is -3.77. The summed E-state index contributed by atoms with van der Waals surface area (Å²) in [5.41, 5.74) is 4.27. The zero-order valence-corrected chi connectivity index (χ0v) is 20.2. The molecule has 3 heterocycles. The minimum Gasteiger partial charge on any atom is -0.385 e. The normalized spacial score (nSPS) is 15.2. The van der Waals surface area contributed by atoms with E-state index in [1.54, 1.807) is 6.20 Å². The Labute approximate surface area is 205 Å². The molecule has 5 rings (SSSR count). The Morgan fingerprint density at radius 1 is 0.943 bits per heavy atom. The van der Waals surface area contributed by atoms with Gasteiger partial charge in [0.1, 0.15) is 5.82 Å². The molecule has 178 valence electrons. The molecule has 2 aromatic heterocycles. The topological polar surface area (TPSA) is 71.2 Å². The molecule has 4 aromatic rings. The summed E-state index contributed by atoms with van der Waals surface area (Å²) in [4.78, 5) is 20.0. The summed E-state index contributed by atoms with van der Waals surface area (Å²) < 4.78 is 1.83. The summed E-state index contributed by atoms with van der Waals surface area (Å²) in [7, 11) is 0. The van der Waals surface area contributed by atoms with Gasteiger partial charge in [-0.3, -0.25) is 4.79 Å². The lowest BCUT2D eigenvalue weighted by Gasteiger charge is -2.39. The quantitative estimate of drug-likeness (QED) is 0.414. The number of hydrogen-bond donors (Lipinski definition) is 1. The van der Waals surface area contributed by atoms with Crippen molar-refractivity contribution in [1.29, 1.82) is 0 Å². The fraction of sp³-hybridized carbons (Fsp3) is 0.276. The number of rotatable bonds is 6. The van der Waals surface area contributed by atoms with E-state index >= 15 is 0 Å². The highest BCUT2D eigenvalue weighted by Crippen LogP contribution is 2.34. The van der Waals surface area contributed by atoms with Gasteiger partial charge >= 0.3 is 0 Å². The van der Waals surface area contributed by atoms with Crippen molar-refractivity contribution in [3.05, 3.63) is 107 Å². The van der Waals surface area contributed by atoms with Gasteiger partial charge < -0.3 is 10.0 Å². The fourth-order valence-corrected chi connectivity index (χ4v) is 4.99. The summed E-state index contributed by atoms with van der Waals surface area (Å²) in [6, 6.07) is 23.7. The number of hydrogen-bond acceptors (Lipinski definition) is 5. The van der Waals surface area contributed by atoms with Gasteiger partial charge in [-0.15, -0.1) is 0 Å². The molecule has 0 atom stereocenters. The first-order valence-corrected chi connectivity index (χ1v) is 12.1. The largest absolute Gasteiger partial charge is 0.385 e. The number of aliphatic hydroxyl groups is 1. The highest BCUT2D eigenvalue weighted by Gasteiger charge is 2.34. The third kappa shape index (κ3) is 4.62. The molecule has 1 saturated heterocycles. The second-order valence-electron chi connectivity index (χ2n) is 9.30. The summed E-state index contributed by atoms with van der Waals surface area (Å²) >= 11 is 0. The minimum atomic E-state index is -0.788. The van der Waals surface area contributed by atoms with Gasteiger partial charge in [0.25, 0.3) is 0 Å². The second-order valence-corrected chi connectivity index (χ2v) is 9.30. The van der Waals surface area contributed by atoms with Crippen LogP contribution in [0.15, 0.2) is 79.0 Å². The van der Waals surface area contributed by atoms with Crippen LogP contribution in [0.25, 0.3) is 5.69 Å². The molecule has 6 heteroatoms. The Balaban J connectivity index is 1.25. The van der Waals surface area contributed by atoms with E-state index in [0.717, 1.165) is 47.1 Å². The Bertz CT molecular complexity index is 1310. The molecule has 1 aliphatic rings. The number of pyridine rings is 1. The number of aryl methyl sites for hydroxylation is 1. The number of Topliss-reactive ketones (excluding diaryl/α,β-unsaturated/α-hetero) is 1. The van der Waals surface area contributed by atoms with Crippen LogP contribution in [0, 0.1) is 13.8 Å². The number of ketones is 1. The van der Waals surface area contributed by atoms with E-state index in [-0.39, 0.29) is 12.2 Å². The van der Waals surface area contributed by atoms with Crippen LogP contribution in [0.5, 0.6) is 0 Å². The molecular formula is C29H30N4O2. The smallest absolute Gasteiger partial charge is 0.171 e. The number of para-hydroxylation sites is 1. The van der Waals surface area contributed by atoms with Gasteiger partial charge in [-0.05, 0) is 56.0 Å². The SMILES string of the molecule is Cc1nn(-c2ccccc2)c(C)c1C(=O)Cc1ccc(N2CCC(O)(c3ccccc3)CC2)nc1. The lowest BCUT2D eigenvalue weighted by molar-refractivity contribution is 0.0116. The maximum absolute atomic E-state index is 13.2. The number of anilines is 1. The van der Waals surface area contributed by atoms with Crippen molar-refractivity contribution >= 4 is 11.6 Å². The third-order valence-corrected chi connectivity index (χ3v) is 6.97. The van der Waals surface area contributed by atoms with Gasteiger partial charge in [-0.25, -0.2) is 9.67 Å². The monoisotopic (exact) mass is 466 g/mol. The summed E-state index contributed by atoms with van der Waals surface area (Å²) in [5.74, 6) is 0.920. The molecule has 0 radical (unpaired) electrons. The highest BCUT2D eigenvalue weighted by atomic mass is 16.3. The van der Waals surface area contributed by atoms with Gasteiger partial charge in [0.05, 0.1) is 28.2 Å². The maximum Gasteiger partial charge on any atom is 0.171 e. The van der Waals surface area contributed by atoms with Gasteiger partial charge in [0.15, 0.2) is 5.78 Å². The standard InChI is InChI=1S/C29H30N4O2/c1-21-28(22(2)33(31-21)25-11-7-4-8-12-25)26(34)19-23-13-14-27(30-20-23)32-17-15-29(35,16-18-32)24-9-5-3-6-10-24/h3-14,20,35H,15-19H2,1-2H3. The number of aromatic nitrogens is 3. The molecule has 0 amide bonds. The first-order chi connectivity index (χ1) is 16.9. The van der Waals surface area contributed by atoms with Crippen LogP contribution in [0.3, 0.4) is 0 Å². The molecule has 0 bridgehead atoms. The molecule has 1 fully saturated rings. The van der Waals surface area contributed by atoms with Crippen molar-refractivity contribution in [2.24, 2.45) is 0 Å². The third-order valence-electron chi connectivity index (χ3n) is 6.97. The molecule has 0 aliphatic carbocycles. The Kier molecular flexibility index (Phi) is 6.22. The summed E-state index contributed by atoms with van der Waals surface area (Å²) in [5, 5.41) is 15.7. The van der Waals surface area contributed by atoms with Gasteiger partial charge in [0, 0.05) is 25.7 Å². The molecule has 6 nitrogen and oxygen atoms in total. The van der Waals surface area contributed by atoms with Crippen LogP contribution >= 0.6 is 0 Å². The Morgan fingerprint density at radius 2 is 1.60 bits per heavy atom. The predicted octanol–water partition coefficient (Wildman–Crippen LogP) is 4.80. The van der Waals surface area contributed by atoms with Crippen LogP contribution in [0.4, 0.5) is 5.82 Å². The number of piperidine rings is 1. The van der Waals surface area contributed by atoms with E-state index in [1.165, 1.54) is 0 Å². The van der Waals surface area contributed by atoms with E-state index in [9.17, 15) is 9.90 Å². The van der Waals surface area contributed by atoms with Crippen LogP contribution in [0.1, 0.15) is 45.7 Å². The molecule has 35 heavy (non-hydrogen) atoms. The molecule has 0 unspecified atom stereocenters. The molecule has 1 aliphatic heterocycles. The van der Waals surface area contributed by atoms with E-state index in [4.69, 9.17) is 0 Å². The number of carbonyl (C=O) groups is 1. The van der Waals surface area contributed by atoms with Crippen molar-refractivity contribution in [1.82, 2.24) is 14.8 Å². The van der Waals surface area contributed by atoms with E-state index < -0.39 is 5.60 Å². The van der Waals surface area contributed by atoms with E-state index in [2.05, 4.69) is 15.0 Å². The minimum absolute atomic E-state index is 0.0441. The van der Waals surface area contributed by atoms with Crippen LogP contribution < -0.4 is 4.90 Å².